The second-order valence-corrected chi connectivity index (χ2v) is 9.10. The smallest absolute Gasteiger partial charge is 0.0594 e. The molecule has 3 N–H and O–H groups in total. The van der Waals surface area contributed by atoms with Crippen LogP contribution in [0.2, 0.25) is 0 Å². The lowest BCUT2D eigenvalue weighted by Crippen LogP contribution is -2.44. The van der Waals surface area contributed by atoms with Crippen LogP contribution in [0.3, 0.4) is 0 Å². The second-order valence-electron chi connectivity index (χ2n) is 9.10. The molecule has 2 fully saturated rings. The zero-order valence-corrected chi connectivity index (χ0v) is 15.9. The van der Waals surface area contributed by atoms with Gasteiger partial charge in [-0.15, -0.1) is 0 Å². The molecule has 4 rings (SSSR count). The van der Waals surface area contributed by atoms with Crippen molar-refractivity contribution in [3.05, 3.63) is 35.5 Å². The predicted octanol–water partition coefficient (Wildman–Crippen LogP) is 4.29. The number of benzene rings is 1. The summed E-state index contributed by atoms with van der Waals surface area (Å²) in [7, 11) is 0. The van der Waals surface area contributed by atoms with E-state index >= 15 is 0 Å². The first-order valence-corrected chi connectivity index (χ1v) is 9.94. The molecule has 3 heteroatoms. The Bertz CT molecular complexity index is 747. The molecule has 0 bridgehead atoms. The zero-order valence-electron chi connectivity index (χ0n) is 15.9. The van der Waals surface area contributed by atoms with Crippen molar-refractivity contribution in [2.75, 3.05) is 6.54 Å². The number of aliphatic hydroxyl groups is 1. The van der Waals surface area contributed by atoms with Crippen LogP contribution in [0.1, 0.15) is 64.0 Å². The summed E-state index contributed by atoms with van der Waals surface area (Å²) in [6.07, 6.45) is 9.29. The molecule has 1 aromatic heterocycles. The van der Waals surface area contributed by atoms with Gasteiger partial charge in [-0.2, -0.15) is 0 Å². The maximum atomic E-state index is 10.0. The van der Waals surface area contributed by atoms with Gasteiger partial charge in [0.05, 0.1) is 5.60 Å². The number of aromatic nitrogens is 1. The molecular formula is C22H32N2O. The van der Waals surface area contributed by atoms with E-state index in [1.807, 2.05) is 13.8 Å². The average Bonchev–Trinajstić information content (AvgIpc) is 3.11. The van der Waals surface area contributed by atoms with Gasteiger partial charge in [0.2, 0.25) is 0 Å². The number of rotatable bonds is 6. The van der Waals surface area contributed by atoms with Crippen molar-refractivity contribution in [3.8, 4) is 0 Å². The summed E-state index contributed by atoms with van der Waals surface area (Å²) in [4.78, 5) is 3.52. The van der Waals surface area contributed by atoms with E-state index < -0.39 is 5.60 Å². The monoisotopic (exact) mass is 340 g/mol. The first-order valence-electron chi connectivity index (χ1n) is 9.94. The molecule has 1 saturated heterocycles. The van der Waals surface area contributed by atoms with Crippen molar-refractivity contribution in [2.24, 2.45) is 5.92 Å². The molecule has 2 aromatic rings. The minimum Gasteiger partial charge on any atom is -0.390 e. The maximum Gasteiger partial charge on any atom is 0.0594 e. The quantitative estimate of drug-likeness (QED) is 0.734. The Labute approximate surface area is 151 Å². The Morgan fingerprint density at radius 2 is 1.96 bits per heavy atom. The van der Waals surface area contributed by atoms with Crippen molar-refractivity contribution < 1.29 is 5.11 Å². The van der Waals surface area contributed by atoms with Gasteiger partial charge >= 0.3 is 0 Å². The lowest BCUT2D eigenvalue weighted by Gasteiger charge is -2.36. The third-order valence-electron chi connectivity index (χ3n) is 6.56. The zero-order chi connectivity index (χ0) is 17.7. The van der Waals surface area contributed by atoms with Gasteiger partial charge in [-0.25, -0.2) is 0 Å². The highest BCUT2D eigenvalue weighted by Gasteiger charge is 2.49. The number of hydrogen-bond donors (Lipinski definition) is 3. The molecule has 1 aromatic carbocycles. The highest BCUT2D eigenvalue weighted by Crippen LogP contribution is 2.52. The summed E-state index contributed by atoms with van der Waals surface area (Å²) in [5.41, 5.74) is 3.69. The lowest BCUT2D eigenvalue weighted by molar-refractivity contribution is 0.0714. The number of hydrogen-bond acceptors (Lipinski definition) is 2. The number of aromatic amines is 1. The van der Waals surface area contributed by atoms with Gasteiger partial charge in [0, 0.05) is 28.6 Å². The third kappa shape index (κ3) is 3.24. The van der Waals surface area contributed by atoms with Gasteiger partial charge in [0.25, 0.3) is 0 Å². The van der Waals surface area contributed by atoms with Crippen molar-refractivity contribution in [2.45, 2.75) is 76.4 Å². The fourth-order valence-electron chi connectivity index (χ4n) is 4.79. The van der Waals surface area contributed by atoms with Crippen molar-refractivity contribution in [1.29, 1.82) is 0 Å². The number of H-pyrrole nitrogens is 1. The van der Waals surface area contributed by atoms with E-state index in [0.29, 0.717) is 6.04 Å². The van der Waals surface area contributed by atoms with Crippen LogP contribution in [0.4, 0.5) is 0 Å². The van der Waals surface area contributed by atoms with Crippen LogP contribution in [0, 0.1) is 5.92 Å². The van der Waals surface area contributed by atoms with E-state index in [1.165, 1.54) is 47.7 Å². The van der Waals surface area contributed by atoms with Crippen LogP contribution in [-0.4, -0.2) is 28.3 Å². The Hall–Kier alpha value is -1.32. The summed E-state index contributed by atoms with van der Waals surface area (Å²) in [6, 6.07) is 7.38. The van der Waals surface area contributed by atoms with Crippen LogP contribution in [0.5, 0.6) is 0 Å². The molecule has 1 aliphatic heterocycles. The summed E-state index contributed by atoms with van der Waals surface area (Å²) >= 11 is 0. The van der Waals surface area contributed by atoms with Crippen molar-refractivity contribution in [1.82, 2.24) is 10.3 Å². The maximum absolute atomic E-state index is 10.0. The van der Waals surface area contributed by atoms with Crippen LogP contribution >= 0.6 is 0 Å². The molecule has 0 spiro atoms. The Morgan fingerprint density at radius 3 is 2.60 bits per heavy atom. The minimum atomic E-state index is -0.605. The van der Waals surface area contributed by atoms with Gasteiger partial charge in [0.15, 0.2) is 0 Å². The topological polar surface area (TPSA) is 48.0 Å². The van der Waals surface area contributed by atoms with E-state index in [-0.39, 0.29) is 5.41 Å². The molecule has 0 radical (unpaired) electrons. The standard InChI is InChI=1S/C22H32N2O/c1-21(2,25)11-10-15-6-9-19-17(13-15)18(14-24-19)22(3,16-7-8-16)20-5-4-12-23-20/h6,9,13-14,16,20,23-25H,4-5,7-8,10-12H2,1-3H3. The van der Waals surface area contributed by atoms with Gasteiger partial charge in [-0.05, 0) is 88.1 Å². The summed E-state index contributed by atoms with van der Waals surface area (Å²) < 4.78 is 0. The van der Waals surface area contributed by atoms with Crippen molar-refractivity contribution >= 4 is 10.9 Å². The van der Waals surface area contributed by atoms with E-state index in [0.717, 1.165) is 25.3 Å². The normalized spacial score (nSPS) is 23.9. The molecule has 25 heavy (non-hydrogen) atoms. The highest BCUT2D eigenvalue weighted by atomic mass is 16.3. The number of nitrogens with one attached hydrogen (secondary N) is 2. The highest BCUT2D eigenvalue weighted by molar-refractivity contribution is 5.85. The number of fused-ring (bicyclic) bond motifs is 1. The molecule has 2 atom stereocenters. The summed E-state index contributed by atoms with van der Waals surface area (Å²) in [5.74, 6) is 0.808. The second kappa shape index (κ2) is 6.14. The summed E-state index contributed by atoms with van der Waals surface area (Å²) in [6.45, 7) is 7.43. The SMILES string of the molecule is CC(C)(O)CCc1ccc2[nH]cc(C(C)(C3CC3)C3CCCN3)c2c1. The molecule has 2 unspecified atom stereocenters. The molecule has 2 heterocycles. The van der Waals surface area contributed by atoms with Gasteiger partial charge in [0.1, 0.15) is 0 Å². The Morgan fingerprint density at radius 1 is 1.16 bits per heavy atom. The number of aryl methyl sites for hydroxylation is 1. The van der Waals surface area contributed by atoms with E-state index in [1.54, 1.807) is 0 Å². The molecule has 2 aliphatic rings. The van der Waals surface area contributed by atoms with Crippen LogP contribution < -0.4 is 5.32 Å². The molecule has 1 saturated carbocycles. The Kier molecular flexibility index (Phi) is 4.20. The fraction of sp³-hybridized carbons (Fsp3) is 0.636. The third-order valence-corrected chi connectivity index (χ3v) is 6.56. The van der Waals surface area contributed by atoms with Crippen LogP contribution in [0.25, 0.3) is 10.9 Å². The first kappa shape index (κ1) is 17.1. The largest absolute Gasteiger partial charge is 0.390 e. The predicted molar refractivity (Wildman–Crippen MR) is 104 cm³/mol. The summed E-state index contributed by atoms with van der Waals surface area (Å²) in [5, 5.41) is 15.2. The fourth-order valence-corrected chi connectivity index (χ4v) is 4.79. The van der Waals surface area contributed by atoms with Crippen LogP contribution in [-0.2, 0) is 11.8 Å². The molecule has 1 aliphatic carbocycles. The molecular weight excluding hydrogens is 308 g/mol. The lowest BCUT2D eigenvalue weighted by atomic mass is 9.71. The van der Waals surface area contributed by atoms with Gasteiger partial charge in [-0.1, -0.05) is 13.0 Å². The van der Waals surface area contributed by atoms with Crippen LogP contribution in [0.15, 0.2) is 24.4 Å². The average molecular weight is 341 g/mol. The van der Waals surface area contributed by atoms with E-state index in [4.69, 9.17) is 0 Å². The van der Waals surface area contributed by atoms with E-state index in [9.17, 15) is 5.11 Å². The van der Waals surface area contributed by atoms with E-state index in [2.05, 4.69) is 41.6 Å². The molecule has 0 amide bonds. The Balaban J connectivity index is 1.70. The van der Waals surface area contributed by atoms with Crippen molar-refractivity contribution in [3.63, 3.8) is 0 Å². The van der Waals surface area contributed by atoms with Gasteiger partial charge in [-0.3, -0.25) is 0 Å². The minimum absolute atomic E-state index is 0.226. The molecule has 3 nitrogen and oxygen atoms in total. The first-order chi connectivity index (χ1) is 11.9. The molecule has 136 valence electrons. The van der Waals surface area contributed by atoms with Gasteiger partial charge < -0.3 is 15.4 Å².